The van der Waals surface area contributed by atoms with Crippen LogP contribution in [0.1, 0.15) is 31.4 Å². The molecule has 0 aliphatic heterocycles. The van der Waals surface area contributed by atoms with Crippen molar-refractivity contribution in [3.05, 3.63) is 29.3 Å². The van der Waals surface area contributed by atoms with Gasteiger partial charge in [0.1, 0.15) is 0 Å². The molecule has 124 valence electrons. The summed E-state index contributed by atoms with van der Waals surface area (Å²) in [6.07, 6.45) is 0.930. The third-order valence-corrected chi connectivity index (χ3v) is 5.35. The van der Waals surface area contributed by atoms with E-state index in [1.54, 1.807) is 0 Å². The molecule has 1 aromatic carbocycles. The van der Waals surface area contributed by atoms with Crippen LogP contribution in [0.2, 0.25) is 0 Å². The number of benzene rings is 1. The van der Waals surface area contributed by atoms with E-state index in [2.05, 4.69) is 46.8 Å². The number of hydrogen-bond acceptors (Lipinski definition) is 6. The van der Waals surface area contributed by atoms with Gasteiger partial charge < -0.3 is 10.6 Å². The second-order valence-corrected chi connectivity index (χ2v) is 7.68. The topological polar surface area (TPSA) is 66.9 Å². The molecule has 0 aliphatic rings. The van der Waals surface area contributed by atoms with Crippen LogP contribution in [-0.2, 0) is 4.79 Å². The van der Waals surface area contributed by atoms with Gasteiger partial charge in [0.25, 0.3) is 0 Å². The number of nitrogens with zero attached hydrogens (tertiary/aromatic N) is 2. The number of hydrogen-bond donors (Lipinski definition) is 2. The van der Waals surface area contributed by atoms with Crippen LogP contribution in [0, 0.1) is 13.8 Å². The lowest BCUT2D eigenvalue weighted by Gasteiger charge is -2.10. The van der Waals surface area contributed by atoms with E-state index in [0.29, 0.717) is 5.75 Å². The molecule has 1 heterocycles. The number of amides is 1. The summed E-state index contributed by atoms with van der Waals surface area (Å²) in [6.45, 7) is 8.18. The van der Waals surface area contributed by atoms with Crippen molar-refractivity contribution in [2.75, 3.05) is 11.1 Å². The van der Waals surface area contributed by atoms with E-state index in [1.165, 1.54) is 34.2 Å². The Balaban J connectivity index is 1.89. The number of aryl methyl sites for hydroxylation is 2. The largest absolute Gasteiger partial charge is 0.353 e. The fraction of sp³-hybridized carbons (Fsp3) is 0.438. The van der Waals surface area contributed by atoms with Gasteiger partial charge in [-0.2, -0.15) is 0 Å². The highest BCUT2D eigenvalue weighted by Crippen LogP contribution is 2.28. The number of anilines is 2. The zero-order valence-corrected chi connectivity index (χ0v) is 15.5. The van der Waals surface area contributed by atoms with Gasteiger partial charge in [-0.3, -0.25) is 4.79 Å². The Bertz CT molecular complexity index is 672. The van der Waals surface area contributed by atoms with Crippen LogP contribution in [0.4, 0.5) is 10.8 Å². The van der Waals surface area contributed by atoms with E-state index in [0.717, 1.165) is 21.6 Å². The summed E-state index contributed by atoms with van der Waals surface area (Å²) in [4.78, 5) is 11.8. The van der Waals surface area contributed by atoms with Gasteiger partial charge in [0.15, 0.2) is 4.34 Å². The minimum atomic E-state index is 0.0310. The zero-order chi connectivity index (χ0) is 16.8. The lowest BCUT2D eigenvalue weighted by atomic mass is 10.1. The Hall–Kier alpha value is -1.60. The van der Waals surface area contributed by atoms with Crippen LogP contribution in [0.25, 0.3) is 0 Å². The molecule has 0 aliphatic carbocycles. The van der Waals surface area contributed by atoms with Crippen molar-refractivity contribution < 1.29 is 4.79 Å². The van der Waals surface area contributed by atoms with Crippen LogP contribution in [0.5, 0.6) is 0 Å². The van der Waals surface area contributed by atoms with Crippen molar-refractivity contribution in [1.29, 1.82) is 0 Å². The Morgan fingerprint density at radius 1 is 1.35 bits per heavy atom. The smallest absolute Gasteiger partial charge is 0.230 e. The predicted molar refractivity (Wildman–Crippen MR) is 97.7 cm³/mol. The van der Waals surface area contributed by atoms with Crippen molar-refractivity contribution in [3.8, 4) is 0 Å². The zero-order valence-electron chi connectivity index (χ0n) is 13.8. The highest BCUT2D eigenvalue weighted by molar-refractivity contribution is 8.01. The van der Waals surface area contributed by atoms with Gasteiger partial charge in [0.2, 0.25) is 11.0 Å². The van der Waals surface area contributed by atoms with Crippen LogP contribution in [0.3, 0.4) is 0 Å². The Morgan fingerprint density at radius 2 is 2.13 bits per heavy atom. The summed E-state index contributed by atoms with van der Waals surface area (Å²) in [6, 6.07) is 6.43. The third kappa shape index (κ3) is 5.51. The van der Waals surface area contributed by atoms with Gasteiger partial charge in [-0.15, -0.1) is 10.2 Å². The molecule has 1 atom stereocenters. The summed E-state index contributed by atoms with van der Waals surface area (Å²) < 4.78 is 0.788. The van der Waals surface area contributed by atoms with Gasteiger partial charge in [0, 0.05) is 11.7 Å². The highest BCUT2D eigenvalue weighted by atomic mass is 32.2. The fourth-order valence-electron chi connectivity index (χ4n) is 1.93. The molecular weight excluding hydrogens is 328 g/mol. The summed E-state index contributed by atoms with van der Waals surface area (Å²) in [5.74, 6) is 0.395. The van der Waals surface area contributed by atoms with E-state index in [9.17, 15) is 4.79 Å². The van der Waals surface area contributed by atoms with Gasteiger partial charge in [-0.1, -0.05) is 47.7 Å². The normalized spacial score (nSPS) is 12.0. The number of carbonyl (C=O) groups excluding carboxylic acids is 1. The number of rotatable bonds is 7. The highest BCUT2D eigenvalue weighted by Gasteiger charge is 2.10. The second kappa shape index (κ2) is 8.31. The first kappa shape index (κ1) is 17.7. The van der Waals surface area contributed by atoms with Crippen LogP contribution in [0.15, 0.2) is 22.5 Å². The molecule has 0 unspecified atom stereocenters. The van der Waals surface area contributed by atoms with Crippen molar-refractivity contribution >= 4 is 39.8 Å². The first-order chi connectivity index (χ1) is 11.0. The minimum Gasteiger partial charge on any atom is -0.353 e. The third-order valence-electron chi connectivity index (χ3n) is 3.38. The maximum absolute atomic E-state index is 11.8. The van der Waals surface area contributed by atoms with Crippen LogP contribution < -0.4 is 10.6 Å². The SMILES string of the molecule is CC[C@H](C)NC(=O)CSc1nnc(Nc2ccc(C)cc2C)s1. The molecule has 0 saturated heterocycles. The standard InChI is InChI=1S/C16H22N4OS2/c1-5-12(4)17-14(21)9-22-16-20-19-15(23-16)18-13-7-6-10(2)8-11(13)3/h6-8,12H,5,9H2,1-4H3,(H,17,21)(H,18,19)/t12-/m0/s1. The number of thioether (sulfide) groups is 1. The Kier molecular flexibility index (Phi) is 6.41. The summed E-state index contributed by atoms with van der Waals surface area (Å²) >= 11 is 2.87. The first-order valence-electron chi connectivity index (χ1n) is 7.58. The number of aromatic nitrogens is 2. The molecule has 23 heavy (non-hydrogen) atoms. The molecule has 0 fully saturated rings. The molecule has 0 saturated carbocycles. The molecular formula is C16H22N4OS2. The van der Waals surface area contributed by atoms with E-state index in [4.69, 9.17) is 0 Å². The molecule has 0 spiro atoms. The van der Waals surface area contributed by atoms with Crippen molar-refractivity contribution in [2.24, 2.45) is 0 Å². The molecule has 1 amide bonds. The molecule has 2 rings (SSSR count). The second-order valence-electron chi connectivity index (χ2n) is 5.48. The minimum absolute atomic E-state index is 0.0310. The van der Waals surface area contributed by atoms with E-state index in [1.807, 2.05) is 19.9 Å². The van der Waals surface area contributed by atoms with Crippen LogP contribution in [-0.4, -0.2) is 27.9 Å². The average molecular weight is 351 g/mol. The predicted octanol–water partition coefficient (Wildman–Crippen LogP) is 3.91. The van der Waals surface area contributed by atoms with Crippen molar-refractivity contribution in [2.45, 2.75) is 44.5 Å². The average Bonchev–Trinajstić information content (AvgIpc) is 2.95. The molecule has 0 radical (unpaired) electrons. The van der Waals surface area contributed by atoms with Gasteiger partial charge in [-0.05, 0) is 38.8 Å². The number of carbonyl (C=O) groups is 1. The monoisotopic (exact) mass is 350 g/mol. The van der Waals surface area contributed by atoms with Gasteiger partial charge in [-0.25, -0.2) is 0 Å². The Labute approximate surface area is 145 Å². The Morgan fingerprint density at radius 3 is 2.83 bits per heavy atom. The summed E-state index contributed by atoms with van der Waals surface area (Å²) in [5.41, 5.74) is 3.43. The summed E-state index contributed by atoms with van der Waals surface area (Å²) in [5, 5.41) is 15.2. The lowest BCUT2D eigenvalue weighted by Crippen LogP contribution is -2.33. The van der Waals surface area contributed by atoms with Gasteiger partial charge in [0.05, 0.1) is 5.75 Å². The maximum atomic E-state index is 11.8. The first-order valence-corrected chi connectivity index (χ1v) is 9.38. The van der Waals surface area contributed by atoms with Crippen molar-refractivity contribution in [3.63, 3.8) is 0 Å². The van der Waals surface area contributed by atoms with Crippen LogP contribution >= 0.6 is 23.1 Å². The molecule has 1 aromatic heterocycles. The molecule has 2 aromatic rings. The summed E-state index contributed by atoms with van der Waals surface area (Å²) in [7, 11) is 0. The quantitative estimate of drug-likeness (QED) is 0.741. The fourth-order valence-corrected chi connectivity index (χ4v) is 3.51. The van der Waals surface area contributed by atoms with Gasteiger partial charge >= 0.3 is 0 Å². The van der Waals surface area contributed by atoms with E-state index in [-0.39, 0.29) is 11.9 Å². The molecule has 2 N–H and O–H groups in total. The van der Waals surface area contributed by atoms with Crippen molar-refractivity contribution in [1.82, 2.24) is 15.5 Å². The molecule has 5 nitrogen and oxygen atoms in total. The molecule has 0 bridgehead atoms. The van der Waals surface area contributed by atoms with E-state index < -0.39 is 0 Å². The van der Waals surface area contributed by atoms with E-state index >= 15 is 0 Å². The maximum Gasteiger partial charge on any atom is 0.230 e. The molecule has 7 heteroatoms. The lowest BCUT2D eigenvalue weighted by molar-refractivity contribution is -0.119. The number of nitrogens with one attached hydrogen (secondary N) is 2.